The quantitative estimate of drug-likeness (QED) is 0.328. The number of nitriles is 1. The summed E-state index contributed by atoms with van der Waals surface area (Å²) in [5.41, 5.74) is -5.07. The number of nitrogens with one attached hydrogen (secondary N) is 2. The highest BCUT2D eigenvalue weighted by Gasteiger charge is 2.66. The predicted molar refractivity (Wildman–Crippen MR) is 150 cm³/mol. The number of hydrogen-bond donors (Lipinski definition) is 3. The SMILES string of the molecule is CC(C)COC(=O)C1CC[C@@](CC#N)(n2nc(Nc3ccc4c(c3)CC(C)(C)C4(O)C(F)(F)F)c3c(=O)[nH]ccc32)CO1. The Bertz CT molecular complexity index is 1650. The van der Waals surface area contributed by atoms with Gasteiger partial charge in [-0.2, -0.15) is 23.5 Å². The van der Waals surface area contributed by atoms with Crippen molar-refractivity contribution in [2.45, 2.75) is 76.8 Å². The van der Waals surface area contributed by atoms with E-state index in [1.807, 2.05) is 13.8 Å². The first-order valence-electron chi connectivity index (χ1n) is 14.1. The number of ether oxygens (including phenoxy) is 2. The van der Waals surface area contributed by atoms with Crippen molar-refractivity contribution in [2.75, 3.05) is 18.5 Å². The molecule has 3 atom stereocenters. The van der Waals surface area contributed by atoms with Gasteiger partial charge in [-0.25, -0.2) is 4.79 Å². The number of pyridine rings is 1. The maximum atomic E-state index is 14.0. The Balaban J connectivity index is 1.49. The maximum Gasteiger partial charge on any atom is 0.421 e. The molecular formula is C30H34F3N5O5. The average Bonchev–Trinajstić information content (AvgIpc) is 3.40. The van der Waals surface area contributed by atoms with E-state index < -0.39 is 40.4 Å². The molecule has 10 nitrogen and oxygen atoms in total. The number of halogens is 3. The van der Waals surface area contributed by atoms with Crippen LogP contribution in [0.15, 0.2) is 35.3 Å². The van der Waals surface area contributed by atoms with Gasteiger partial charge in [-0.15, -0.1) is 0 Å². The lowest BCUT2D eigenvalue weighted by molar-refractivity contribution is -0.299. The highest BCUT2D eigenvalue weighted by molar-refractivity contribution is 5.91. The lowest BCUT2D eigenvalue weighted by Crippen LogP contribution is -2.50. The number of benzene rings is 1. The number of anilines is 2. The van der Waals surface area contributed by atoms with E-state index in [-0.39, 0.29) is 55.2 Å². The molecule has 13 heteroatoms. The van der Waals surface area contributed by atoms with Gasteiger partial charge in [-0.1, -0.05) is 33.8 Å². The summed E-state index contributed by atoms with van der Waals surface area (Å²) in [6.45, 7) is 6.83. The lowest BCUT2D eigenvalue weighted by atomic mass is 9.75. The molecule has 3 heterocycles. The number of aromatic nitrogens is 3. The third-order valence-electron chi connectivity index (χ3n) is 8.49. The maximum absolute atomic E-state index is 14.0. The number of aromatic amines is 1. The number of esters is 1. The smallest absolute Gasteiger partial charge is 0.421 e. The Morgan fingerprint density at radius 2 is 2.09 bits per heavy atom. The summed E-state index contributed by atoms with van der Waals surface area (Å²) < 4.78 is 54.9. The highest BCUT2D eigenvalue weighted by atomic mass is 19.4. The minimum Gasteiger partial charge on any atom is -0.463 e. The van der Waals surface area contributed by atoms with Crippen LogP contribution in [0.5, 0.6) is 0 Å². The van der Waals surface area contributed by atoms with Crippen molar-refractivity contribution in [1.82, 2.24) is 14.8 Å². The van der Waals surface area contributed by atoms with E-state index in [1.165, 1.54) is 38.2 Å². The van der Waals surface area contributed by atoms with Crippen molar-refractivity contribution in [1.29, 1.82) is 5.26 Å². The second kappa shape index (κ2) is 10.7. The van der Waals surface area contributed by atoms with Gasteiger partial charge in [0.1, 0.15) is 5.39 Å². The van der Waals surface area contributed by atoms with Crippen LogP contribution in [0.25, 0.3) is 10.9 Å². The number of carbonyl (C=O) groups excluding carboxylic acids is 1. The van der Waals surface area contributed by atoms with Gasteiger partial charge in [-0.3, -0.25) is 9.48 Å². The van der Waals surface area contributed by atoms with Crippen molar-refractivity contribution < 1.29 is 32.5 Å². The number of fused-ring (bicyclic) bond motifs is 2. The van der Waals surface area contributed by atoms with Gasteiger partial charge in [0.15, 0.2) is 17.5 Å². The third kappa shape index (κ3) is 5.06. The minimum absolute atomic E-state index is 0.0201. The molecule has 5 rings (SSSR count). The topological polar surface area (TPSA) is 142 Å². The number of alkyl halides is 3. The summed E-state index contributed by atoms with van der Waals surface area (Å²) in [6, 6.07) is 7.99. The van der Waals surface area contributed by atoms with E-state index >= 15 is 0 Å². The van der Waals surface area contributed by atoms with Gasteiger partial charge >= 0.3 is 12.1 Å². The molecule has 1 aliphatic heterocycles. The van der Waals surface area contributed by atoms with E-state index in [1.54, 1.807) is 10.7 Å². The molecule has 2 aromatic heterocycles. The van der Waals surface area contributed by atoms with Crippen molar-refractivity contribution in [3.05, 3.63) is 51.9 Å². The number of nitrogens with zero attached hydrogens (tertiary/aromatic N) is 3. The summed E-state index contributed by atoms with van der Waals surface area (Å²) in [5.74, 6) is -0.172. The zero-order valence-electron chi connectivity index (χ0n) is 24.3. The van der Waals surface area contributed by atoms with E-state index in [4.69, 9.17) is 9.47 Å². The summed E-state index contributed by atoms with van der Waals surface area (Å²) in [5, 5.41) is 28.5. The van der Waals surface area contributed by atoms with Crippen molar-refractivity contribution >= 4 is 28.4 Å². The van der Waals surface area contributed by atoms with Crippen LogP contribution < -0.4 is 10.9 Å². The van der Waals surface area contributed by atoms with Crippen LogP contribution in [-0.2, 0) is 31.8 Å². The number of carbonyl (C=O) groups is 1. The zero-order valence-corrected chi connectivity index (χ0v) is 24.3. The van der Waals surface area contributed by atoms with Gasteiger partial charge in [0, 0.05) is 17.3 Å². The first-order chi connectivity index (χ1) is 20.1. The van der Waals surface area contributed by atoms with Crippen molar-refractivity contribution in [2.24, 2.45) is 11.3 Å². The molecule has 0 saturated carbocycles. The Morgan fingerprint density at radius 3 is 2.72 bits per heavy atom. The molecule has 0 spiro atoms. The summed E-state index contributed by atoms with van der Waals surface area (Å²) >= 11 is 0. The minimum atomic E-state index is -4.87. The second-order valence-electron chi connectivity index (χ2n) is 12.5. The van der Waals surface area contributed by atoms with E-state index in [0.29, 0.717) is 23.2 Å². The average molecular weight is 602 g/mol. The molecule has 3 N–H and O–H groups in total. The first kappa shape index (κ1) is 30.6. The Kier molecular flexibility index (Phi) is 7.59. The molecule has 2 aliphatic rings. The molecule has 3 aromatic rings. The van der Waals surface area contributed by atoms with Crippen molar-refractivity contribution in [3.8, 4) is 6.07 Å². The van der Waals surface area contributed by atoms with Crippen LogP contribution in [-0.4, -0.2) is 51.3 Å². The number of aliphatic hydroxyl groups is 1. The molecule has 0 bridgehead atoms. The molecular weight excluding hydrogens is 567 g/mol. The fourth-order valence-corrected chi connectivity index (χ4v) is 6.21. The fraction of sp³-hybridized carbons (Fsp3) is 0.533. The first-order valence-corrected chi connectivity index (χ1v) is 14.1. The van der Waals surface area contributed by atoms with Crippen LogP contribution in [0.3, 0.4) is 0 Å². The number of hydrogen-bond acceptors (Lipinski definition) is 8. The summed E-state index contributed by atoms with van der Waals surface area (Å²) in [6.07, 6.45) is -3.64. The standard InChI is InChI=1S/C30H34F3N5O5/c1-17(2)15-42-26(40)22-7-9-28(10-11-34,16-43-22)38-21-8-12-35-25(39)23(21)24(37-38)36-19-5-6-20-18(13-19)14-27(3,4)29(20,41)30(31,32)33/h5-6,8,12-13,17,22,41H,7,9-10,14-16H2,1-4H3,(H,35,39)(H,36,37)/t22?,28-,29?/m0/s1. The fourth-order valence-electron chi connectivity index (χ4n) is 6.21. The molecule has 43 heavy (non-hydrogen) atoms. The van der Waals surface area contributed by atoms with Gasteiger partial charge < -0.3 is 24.9 Å². The monoisotopic (exact) mass is 601 g/mol. The predicted octanol–water partition coefficient (Wildman–Crippen LogP) is 4.79. The molecule has 230 valence electrons. The van der Waals surface area contributed by atoms with Gasteiger partial charge in [0.2, 0.25) is 0 Å². The van der Waals surface area contributed by atoms with Gasteiger partial charge in [0.25, 0.3) is 5.56 Å². The lowest BCUT2D eigenvalue weighted by Gasteiger charge is -2.38. The zero-order chi connectivity index (χ0) is 31.4. The van der Waals surface area contributed by atoms with Crippen LogP contribution in [0.1, 0.15) is 58.1 Å². The Hall–Kier alpha value is -3.89. The summed E-state index contributed by atoms with van der Waals surface area (Å²) in [7, 11) is 0. The second-order valence-corrected chi connectivity index (χ2v) is 12.5. The largest absolute Gasteiger partial charge is 0.463 e. The van der Waals surface area contributed by atoms with Crippen LogP contribution in [0, 0.1) is 22.7 Å². The van der Waals surface area contributed by atoms with Gasteiger partial charge in [-0.05, 0) is 54.5 Å². The molecule has 2 unspecified atom stereocenters. The summed E-state index contributed by atoms with van der Waals surface area (Å²) in [4.78, 5) is 28.2. The van der Waals surface area contributed by atoms with Crippen molar-refractivity contribution in [3.63, 3.8) is 0 Å². The Morgan fingerprint density at radius 1 is 1.35 bits per heavy atom. The molecule has 1 aliphatic carbocycles. The van der Waals surface area contributed by atoms with E-state index in [9.17, 15) is 33.1 Å². The van der Waals surface area contributed by atoms with E-state index in [2.05, 4.69) is 21.5 Å². The molecule has 0 radical (unpaired) electrons. The van der Waals surface area contributed by atoms with Crippen LogP contribution in [0.2, 0.25) is 0 Å². The van der Waals surface area contributed by atoms with Crippen LogP contribution >= 0.6 is 0 Å². The highest BCUT2D eigenvalue weighted by Crippen LogP contribution is 2.58. The number of rotatable bonds is 7. The van der Waals surface area contributed by atoms with E-state index in [0.717, 1.165) is 0 Å². The van der Waals surface area contributed by atoms with Crippen LogP contribution in [0.4, 0.5) is 24.7 Å². The number of H-pyrrole nitrogens is 1. The third-order valence-corrected chi connectivity index (χ3v) is 8.49. The molecule has 1 fully saturated rings. The van der Waals surface area contributed by atoms with Gasteiger partial charge in [0.05, 0.1) is 36.8 Å². The molecule has 1 saturated heterocycles. The Labute approximate surface area is 245 Å². The molecule has 1 aromatic carbocycles. The normalized spacial score (nSPS) is 25.0. The molecule has 0 amide bonds.